The fraction of sp³-hybridized carbons (Fsp3) is 0. The van der Waals surface area contributed by atoms with Crippen molar-refractivity contribution in [3.05, 3.63) is 54.5 Å². The number of nitrogens with one attached hydrogen (secondary N) is 1. The number of rotatable bonds is 2. The summed E-state index contributed by atoms with van der Waals surface area (Å²) in [5, 5.41) is 2.38. The number of para-hydroxylation sites is 1. The highest BCUT2D eigenvalue weighted by atomic mass is 19.1. The summed E-state index contributed by atoms with van der Waals surface area (Å²) in [7, 11) is 0. The fourth-order valence-electron chi connectivity index (χ4n) is 1.18. The van der Waals surface area contributed by atoms with E-state index in [9.17, 15) is 9.18 Å². The molecule has 2 rings (SSSR count). The van der Waals surface area contributed by atoms with Gasteiger partial charge in [0.25, 0.3) is 0 Å². The van der Waals surface area contributed by atoms with Gasteiger partial charge < -0.3 is 4.74 Å². The van der Waals surface area contributed by atoms with Gasteiger partial charge >= 0.3 is 6.09 Å². The third-order valence-corrected chi connectivity index (χ3v) is 1.91. The number of aromatic nitrogens is 1. The van der Waals surface area contributed by atoms with E-state index in [2.05, 4.69) is 10.3 Å². The normalized spacial score (nSPS) is 9.71. The highest BCUT2D eigenvalue weighted by Crippen LogP contribution is 2.10. The van der Waals surface area contributed by atoms with Crippen molar-refractivity contribution in [3.63, 3.8) is 0 Å². The minimum Gasteiger partial charge on any atom is -0.410 e. The lowest BCUT2D eigenvalue weighted by Crippen LogP contribution is -2.17. The van der Waals surface area contributed by atoms with Crippen molar-refractivity contribution in [2.45, 2.75) is 0 Å². The van der Waals surface area contributed by atoms with Crippen LogP contribution in [-0.4, -0.2) is 11.1 Å². The summed E-state index contributed by atoms with van der Waals surface area (Å²) < 4.78 is 17.5. The molecule has 0 spiro atoms. The number of hydrogen-bond donors (Lipinski definition) is 1. The third kappa shape index (κ3) is 3.27. The van der Waals surface area contributed by atoms with Gasteiger partial charge in [-0.1, -0.05) is 18.2 Å². The van der Waals surface area contributed by atoms with Crippen LogP contribution in [0.2, 0.25) is 0 Å². The molecule has 0 saturated heterocycles. The molecule has 1 N–H and O–H groups in total. The number of halogens is 1. The maximum absolute atomic E-state index is 12.6. The number of carbonyl (C=O) groups is 1. The van der Waals surface area contributed by atoms with E-state index < -0.39 is 11.9 Å². The van der Waals surface area contributed by atoms with Crippen molar-refractivity contribution >= 4 is 11.9 Å². The van der Waals surface area contributed by atoms with E-state index in [1.807, 2.05) is 6.07 Å². The largest absolute Gasteiger partial charge is 0.418 e. The first-order valence-corrected chi connectivity index (χ1v) is 4.89. The maximum Gasteiger partial charge on any atom is 0.418 e. The number of anilines is 1. The number of ether oxygens (including phenoxy) is 1. The molecule has 4 nitrogen and oxygen atoms in total. The number of benzene rings is 1. The Balaban J connectivity index is 1.96. The molecule has 0 bridgehead atoms. The van der Waals surface area contributed by atoms with Gasteiger partial charge in [-0.2, -0.15) is 0 Å². The molecule has 1 aromatic carbocycles. The lowest BCUT2D eigenvalue weighted by molar-refractivity contribution is 0.215. The van der Waals surface area contributed by atoms with Crippen molar-refractivity contribution < 1.29 is 13.9 Å². The molecule has 0 aliphatic rings. The Morgan fingerprint density at radius 1 is 1.18 bits per heavy atom. The van der Waals surface area contributed by atoms with Crippen LogP contribution in [0.1, 0.15) is 0 Å². The second-order valence-electron chi connectivity index (χ2n) is 3.19. The Labute approximate surface area is 97.1 Å². The molecule has 1 aromatic heterocycles. The molecule has 0 aliphatic heterocycles. The Hall–Kier alpha value is -2.43. The molecule has 5 heteroatoms. The van der Waals surface area contributed by atoms with Crippen molar-refractivity contribution in [2.24, 2.45) is 0 Å². The van der Waals surface area contributed by atoms with Crippen molar-refractivity contribution in [2.75, 3.05) is 5.32 Å². The van der Waals surface area contributed by atoms with Gasteiger partial charge in [0, 0.05) is 0 Å². The third-order valence-electron chi connectivity index (χ3n) is 1.91. The van der Waals surface area contributed by atoms with E-state index in [1.54, 1.807) is 24.3 Å². The molecule has 1 heterocycles. The average Bonchev–Trinajstić information content (AvgIpc) is 2.33. The molecule has 17 heavy (non-hydrogen) atoms. The first-order chi connectivity index (χ1) is 8.24. The van der Waals surface area contributed by atoms with E-state index in [0.717, 1.165) is 6.20 Å². The first-order valence-electron chi connectivity index (χ1n) is 4.89. The Bertz CT molecular complexity index is 500. The second kappa shape index (κ2) is 5.07. The number of carbonyl (C=O) groups excluding carboxylic acids is 1. The van der Waals surface area contributed by atoms with Gasteiger partial charge in [0.2, 0.25) is 0 Å². The van der Waals surface area contributed by atoms with Gasteiger partial charge in [-0.25, -0.2) is 14.2 Å². The van der Waals surface area contributed by atoms with Crippen molar-refractivity contribution in [1.82, 2.24) is 4.98 Å². The highest BCUT2D eigenvalue weighted by molar-refractivity contribution is 5.84. The Kier molecular flexibility index (Phi) is 3.30. The van der Waals surface area contributed by atoms with Crippen LogP contribution in [0.4, 0.5) is 15.0 Å². The second-order valence-corrected chi connectivity index (χ2v) is 3.19. The quantitative estimate of drug-likeness (QED) is 0.866. The van der Waals surface area contributed by atoms with Gasteiger partial charge in [0.05, 0.1) is 6.20 Å². The molecule has 0 unspecified atom stereocenters. The fourth-order valence-corrected chi connectivity index (χ4v) is 1.18. The van der Waals surface area contributed by atoms with Gasteiger partial charge in [-0.15, -0.1) is 0 Å². The summed E-state index contributed by atoms with van der Waals surface area (Å²) >= 11 is 0. The van der Waals surface area contributed by atoms with Gasteiger partial charge in [-0.05, 0) is 24.3 Å². The number of amides is 1. The van der Waals surface area contributed by atoms with Crippen LogP contribution in [0, 0.1) is 5.82 Å². The van der Waals surface area contributed by atoms with Gasteiger partial charge in [-0.3, -0.25) is 5.32 Å². The molecule has 2 aromatic rings. The van der Waals surface area contributed by atoms with E-state index in [0.29, 0.717) is 5.75 Å². The molecule has 0 fully saturated rings. The lowest BCUT2D eigenvalue weighted by Gasteiger charge is -2.05. The molecule has 1 amide bonds. The molecule has 86 valence electrons. The van der Waals surface area contributed by atoms with E-state index >= 15 is 0 Å². The summed E-state index contributed by atoms with van der Waals surface area (Å²) in [4.78, 5) is 15.1. The van der Waals surface area contributed by atoms with E-state index in [-0.39, 0.29) is 5.82 Å². The standard InChI is InChI=1S/C12H9FN2O2/c13-9-6-7-11(14-8-9)15-12(16)17-10-4-2-1-3-5-10/h1-8H,(H,14,15,16). The predicted octanol–water partition coefficient (Wildman–Crippen LogP) is 2.83. The number of nitrogens with zero attached hydrogens (tertiary/aromatic N) is 1. The minimum atomic E-state index is -0.671. The molecule has 0 radical (unpaired) electrons. The average molecular weight is 232 g/mol. The van der Waals surface area contributed by atoms with Crippen LogP contribution in [0.15, 0.2) is 48.7 Å². The highest BCUT2D eigenvalue weighted by Gasteiger charge is 2.05. The zero-order valence-corrected chi connectivity index (χ0v) is 8.76. The Morgan fingerprint density at radius 3 is 2.59 bits per heavy atom. The Morgan fingerprint density at radius 2 is 1.94 bits per heavy atom. The van der Waals surface area contributed by atoms with Crippen molar-refractivity contribution in [3.8, 4) is 5.75 Å². The molecule has 0 saturated carbocycles. The van der Waals surface area contributed by atoms with Crippen LogP contribution in [0.5, 0.6) is 5.75 Å². The number of pyridine rings is 1. The molecular formula is C12H9FN2O2. The summed E-state index contributed by atoms with van der Waals surface area (Å²) in [5.74, 6) is 0.186. The summed E-state index contributed by atoms with van der Waals surface area (Å²) in [6.45, 7) is 0. The lowest BCUT2D eigenvalue weighted by atomic mass is 10.3. The number of hydrogen-bond acceptors (Lipinski definition) is 3. The van der Waals surface area contributed by atoms with Gasteiger partial charge in [0.15, 0.2) is 0 Å². The summed E-state index contributed by atoms with van der Waals surface area (Å²) in [5.41, 5.74) is 0. The molecule has 0 aliphatic carbocycles. The smallest absolute Gasteiger partial charge is 0.410 e. The zero-order valence-electron chi connectivity index (χ0n) is 8.76. The minimum absolute atomic E-state index is 0.229. The SMILES string of the molecule is O=C(Nc1ccc(F)cn1)Oc1ccccc1. The zero-order chi connectivity index (χ0) is 12.1. The van der Waals surface area contributed by atoms with Crippen LogP contribution < -0.4 is 10.1 Å². The van der Waals surface area contributed by atoms with Crippen LogP contribution in [0.3, 0.4) is 0 Å². The topological polar surface area (TPSA) is 51.2 Å². The van der Waals surface area contributed by atoms with Crippen molar-refractivity contribution in [1.29, 1.82) is 0 Å². The monoisotopic (exact) mass is 232 g/mol. The van der Waals surface area contributed by atoms with Gasteiger partial charge in [0.1, 0.15) is 17.4 Å². The van der Waals surface area contributed by atoms with Crippen LogP contribution in [0.25, 0.3) is 0 Å². The summed E-state index contributed by atoms with van der Waals surface area (Å²) in [6.07, 6.45) is 0.341. The molecule has 0 atom stereocenters. The van der Waals surface area contributed by atoms with Crippen LogP contribution >= 0.6 is 0 Å². The predicted molar refractivity (Wildman–Crippen MR) is 60.3 cm³/mol. The maximum atomic E-state index is 12.6. The molecular weight excluding hydrogens is 223 g/mol. The first kappa shape index (κ1) is 11.1. The van der Waals surface area contributed by atoms with E-state index in [1.165, 1.54) is 12.1 Å². The van der Waals surface area contributed by atoms with E-state index in [4.69, 9.17) is 4.74 Å². The van der Waals surface area contributed by atoms with Crippen LogP contribution in [-0.2, 0) is 0 Å². The summed E-state index contributed by atoms with van der Waals surface area (Å²) in [6, 6.07) is 11.2.